The topological polar surface area (TPSA) is 0 Å². The van der Waals surface area contributed by atoms with Gasteiger partial charge in [-0.2, -0.15) is 12.6 Å². The van der Waals surface area contributed by atoms with Crippen molar-refractivity contribution in [2.75, 3.05) is 0 Å². The van der Waals surface area contributed by atoms with Gasteiger partial charge in [0, 0.05) is 5.25 Å². The van der Waals surface area contributed by atoms with Crippen molar-refractivity contribution in [2.24, 2.45) is 0 Å². The molecule has 1 atom stereocenters. The Morgan fingerprint density at radius 1 is 1.27 bits per heavy atom. The quantitative estimate of drug-likeness (QED) is 0.654. The molecule has 0 nitrogen and oxygen atoms in total. The van der Waals surface area contributed by atoms with Gasteiger partial charge in [-0.1, -0.05) is 30.3 Å². The molecule has 11 heavy (non-hydrogen) atoms. The summed E-state index contributed by atoms with van der Waals surface area (Å²) >= 11 is 4.22. The van der Waals surface area contributed by atoms with Gasteiger partial charge in [0.25, 0.3) is 0 Å². The van der Waals surface area contributed by atoms with Crippen LogP contribution in [0.15, 0.2) is 30.3 Å². The monoisotopic (exact) mass is 165 g/mol. The maximum atomic E-state index is 4.22. The van der Waals surface area contributed by atoms with Crippen molar-refractivity contribution in [3.05, 3.63) is 42.8 Å². The maximum Gasteiger partial charge on any atom is 0.00203 e. The summed E-state index contributed by atoms with van der Waals surface area (Å²) in [6, 6.07) is 10.4. The van der Waals surface area contributed by atoms with Crippen LogP contribution in [0.1, 0.15) is 12.0 Å². The lowest BCUT2D eigenvalue weighted by Gasteiger charge is -2.02. The lowest BCUT2D eigenvalue weighted by molar-refractivity contribution is 0.859. The maximum absolute atomic E-state index is 4.22. The highest BCUT2D eigenvalue weighted by atomic mass is 32.1. The molecule has 0 aromatic heterocycles. The van der Waals surface area contributed by atoms with Gasteiger partial charge in [-0.3, -0.25) is 0 Å². The molecule has 0 aliphatic heterocycles. The Kier molecular flexibility index (Phi) is 3.50. The zero-order valence-electron chi connectivity index (χ0n) is 6.53. The molecule has 0 saturated carbocycles. The molecule has 1 rings (SSSR count). The Hall–Kier alpha value is -0.430. The summed E-state index contributed by atoms with van der Waals surface area (Å²) in [5, 5.41) is 0.259. The first-order valence-corrected chi connectivity index (χ1v) is 4.36. The van der Waals surface area contributed by atoms with Crippen LogP contribution in [0.2, 0.25) is 0 Å². The van der Waals surface area contributed by atoms with E-state index in [0.717, 1.165) is 12.8 Å². The average Bonchev–Trinajstić information content (AvgIpc) is 2.03. The molecule has 0 fully saturated rings. The van der Waals surface area contributed by atoms with Crippen molar-refractivity contribution >= 4 is 12.6 Å². The Morgan fingerprint density at radius 2 is 1.91 bits per heavy atom. The number of hydrogen-bond donors (Lipinski definition) is 1. The van der Waals surface area contributed by atoms with E-state index in [0.29, 0.717) is 0 Å². The summed E-state index contributed by atoms with van der Waals surface area (Å²) in [5.74, 6) is 0. The average molecular weight is 165 g/mol. The molecule has 1 radical (unpaired) electrons. The highest BCUT2D eigenvalue weighted by Crippen LogP contribution is 2.07. The summed E-state index contributed by atoms with van der Waals surface area (Å²) in [7, 11) is 0. The van der Waals surface area contributed by atoms with Crippen molar-refractivity contribution < 1.29 is 0 Å². The third-order valence-electron chi connectivity index (χ3n) is 1.61. The summed E-state index contributed by atoms with van der Waals surface area (Å²) in [6.45, 7) is 3.82. The summed E-state index contributed by atoms with van der Waals surface area (Å²) in [4.78, 5) is 0. The lowest BCUT2D eigenvalue weighted by atomic mass is 10.1. The number of rotatable bonds is 3. The highest BCUT2D eigenvalue weighted by Gasteiger charge is 1.95. The van der Waals surface area contributed by atoms with Gasteiger partial charge < -0.3 is 0 Å². The fourth-order valence-corrected chi connectivity index (χ4v) is 1.11. The molecule has 1 unspecified atom stereocenters. The van der Waals surface area contributed by atoms with Crippen molar-refractivity contribution in [3.8, 4) is 0 Å². The van der Waals surface area contributed by atoms with Crippen LogP contribution in [0.3, 0.4) is 0 Å². The predicted octanol–water partition coefficient (Wildman–Crippen LogP) is 2.75. The Labute approximate surface area is 74.0 Å². The van der Waals surface area contributed by atoms with Gasteiger partial charge in [0.1, 0.15) is 0 Å². The molecule has 0 aliphatic rings. The second-order valence-electron chi connectivity index (χ2n) is 2.68. The smallest absolute Gasteiger partial charge is 0.00203 e. The Balaban J connectivity index is 2.39. The van der Waals surface area contributed by atoms with E-state index in [2.05, 4.69) is 43.8 Å². The van der Waals surface area contributed by atoms with Gasteiger partial charge in [-0.05, 0) is 25.3 Å². The van der Waals surface area contributed by atoms with E-state index in [1.165, 1.54) is 5.56 Å². The third kappa shape index (κ3) is 3.47. The molecule has 0 heterocycles. The first kappa shape index (κ1) is 8.66. The molecule has 0 N–H and O–H groups in total. The summed E-state index contributed by atoms with van der Waals surface area (Å²) in [6.07, 6.45) is 2.13. The Morgan fingerprint density at radius 3 is 2.45 bits per heavy atom. The minimum Gasteiger partial charge on any atom is -0.176 e. The third-order valence-corrected chi connectivity index (χ3v) is 1.87. The normalized spacial score (nSPS) is 12.9. The van der Waals surface area contributed by atoms with Gasteiger partial charge in [-0.15, -0.1) is 0 Å². The van der Waals surface area contributed by atoms with Crippen molar-refractivity contribution in [3.63, 3.8) is 0 Å². The number of benzene rings is 1. The predicted molar refractivity (Wildman–Crippen MR) is 52.9 cm³/mol. The molecule has 59 valence electrons. The van der Waals surface area contributed by atoms with Crippen LogP contribution in [-0.4, -0.2) is 5.25 Å². The number of aryl methyl sites for hydroxylation is 1. The largest absolute Gasteiger partial charge is 0.176 e. The standard InChI is InChI=1S/C10H13S/c1-9(11)7-8-10-5-3-2-4-6-10/h2-6,9,11H,1,7-8H2. The Bertz CT molecular complexity index is 191. The summed E-state index contributed by atoms with van der Waals surface area (Å²) < 4.78 is 0. The minimum atomic E-state index is 0.259. The molecule has 0 amide bonds. The van der Waals surface area contributed by atoms with E-state index in [4.69, 9.17) is 0 Å². The highest BCUT2D eigenvalue weighted by molar-refractivity contribution is 7.81. The number of thiol groups is 1. The van der Waals surface area contributed by atoms with Crippen LogP contribution in [0.5, 0.6) is 0 Å². The molecule has 1 heteroatoms. The summed E-state index contributed by atoms with van der Waals surface area (Å²) in [5.41, 5.74) is 1.37. The van der Waals surface area contributed by atoms with E-state index in [-0.39, 0.29) is 5.25 Å². The molecule has 1 aromatic carbocycles. The fourth-order valence-electron chi connectivity index (χ4n) is 0.978. The van der Waals surface area contributed by atoms with E-state index in [1.807, 2.05) is 6.07 Å². The van der Waals surface area contributed by atoms with Crippen LogP contribution < -0.4 is 0 Å². The van der Waals surface area contributed by atoms with Crippen LogP contribution in [0.4, 0.5) is 0 Å². The van der Waals surface area contributed by atoms with E-state index < -0.39 is 0 Å². The van der Waals surface area contributed by atoms with E-state index >= 15 is 0 Å². The van der Waals surface area contributed by atoms with Gasteiger partial charge >= 0.3 is 0 Å². The number of hydrogen-bond acceptors (Lipinski definition) is 1. The van der Waals surface area contributed by atoms with Gasteiger partial charge in [0.15, 0.2) is 0 Å². The zero-order chi connectivity index (χ0) is 8.10. The van der Waals surface area contributed by atoms with Crippen LogP contribution in [0.25, 0.3) is 0 Å². The lowest BCUT2D eigenvalue weighted by Crippen LogP contribution is -1.94. The van der Waals surface area contributed by atoms with Crippen LogP contribution >= 0.6 is 12.6 Å². The molecule has 0 bridgehead atoms. The van der Waals surface area contributed by atoms with Gasteiger partial charge in [0.2, 0.25) is 0 Å². The molecular formula is C10H13S. The van der Waals surface area contributed by atoms with Crippen molar-refractivity contribution in [1.82, 2.24) is 0 Å². The molecule has 0 spiro atoms. The second kappa shape index (κ2) is 4.45. The van der Waals surface area contributed by atoms with Gasteiger partial charge in [0.05, 0.1) is 0 Å². The first-order chi connectivity index (χ1) is 5.29. The van der Waals surface area contributed by atoms with Crippen LogP contribution in [-0.2, 0) is 6.42 Å². The molecule has 1 aromatic rings. The van der Waals surface area contributed by atoms with Crippen LogP contribution in [0, 0.1) is 6.92 Å². The first-order valence-electron chi connectivity index (χ1n) is 3.84. The minimum absolute atomic E-state index is 0.259. The molecule has 0 saturated heterocycles. The molecular weight excluding hydrogens is 152 g/mol. The second-order valence-corrected chi connectivity index (χ2v) is 3.41. The van der Waals surface area contributed by atoms with Gasteiger partial charge in [-0.25, -0.2) is 0 Å². The zero-order valence-corrected chi connectivity index (χ0v) is 7.43. The molecule has 0 aliphatic carbocycles. The van der Waals surface area contributed by atoms with Crippen molar-refractivity contribution in [2.45, 2.75) is 18.1 Å². The van der Waals surface area contributed by atoms with E-state index in [9.17, 15) is 0 Å². The SMILES string of the molecule is [CH2]C(S)CCc1ccccc1. The van der Waals surface area contributed by atoms with Crippen molar-refractivity contribution in [1.29, 1.82) is 0 Å². The fraction of sp³-hybridized carbons (Fsp3) is 0.300. The van der Waals surface area contributed by atoms with E-state index in [1.54, 1.807) is 0 Å².